The van der Waals surface area contributed by atoms with Gasteiger partial charge in [0.1, 0.15) is 0 Å². The van der Waals surface area contributed by atoms with Gasteiger partial charge in [0.2, 0.25) is 11.8 Å². The number of amides is 3. The minimum atomic E-state index is -1.56. The highest BCUT2D eigenvalue weighted by molar-refractivity contribution is 9.10. The van der Waals surface area contributed by atoms with E-state index in [0.29, 0.717) is 10.2 Å². The van der Waals surface area contributed by atoms with Crippen molar-refractivity contribution in [2.24, 2.45) is 11.5 Å². The normalized spacial score (nSPS) is 10.3. The van der Waals surface area contributed by atoms with Gasteiger partial charge >= 0.3 is 0 Å². The van der Waals surface area contributed by atoms with Gasteiger partial charge in [-0.05, 0) is 28.9 Å². The van der Waals surface area contributed by atoms with Crippen LogP contribution in [0.4, 0.5) is 0 Å². The van der Waals surface area contributed by atoms with Gasteiger partial charge in [-0.2, -0.15) is 0 Å². The maximum Gasteiger partial charge on any atom is 0.288 e. The van der Waals surface area contributed by atoms with E-state index < -0.39 is 23.8 Å². The number of aryl methyl sites for hydroxylation is 1. The van der Waals surface area contributed by atoms with Gasteiger partial charge in [0, 0.05) is 5.56 Å². The molecule has 0 bridgehead atoms. The summed E-state index contributed by atoms with van der Waals surface area (Å²) in [5, 5.41) is 2.08. The number of halogens is 1. The molecule has 1 aromatic heterocycles. The van der Waals surface area contributed by atoms with Crippen LogP contribution in [0.3, 0.4) is 0 Å². The van der Waals surface area contributed by atoms with Gasteiger partial charge in [-0.3, -0.25) is 14.4 Å². The SMILES string of the molecule is Cc1cc(Br)oc1C(=O)NC(C(N)=O)C(N)=O. The standard InChI is InChI=1S/C9H10BrN3O4/c1-3-2-4(10)17-6(3)9(16)13-5(7(11)14)8(12)15/h2,5H,1H3,(H2,11,14)(H2,12,15)(H,13,16). The summed E-state index contributed by atoms with van der Waals surface area (Å²) in [4.78, 5) is 33.4. The Morgan fingerprint density at radius 3 is 2.24 bits per heavy atom. The lowest BCUT2D eigenvalue weighted by Crippen LogP contribution is -2.52. The van der Waals surface area contributed by atoms with Crippen molar-refractivity contribution in [3.63, 3.8) is 0 Å². The molecule has 0 spiro atoms. The van der Waals surface area contributed by atoms with Crippen LogP contribution < -0.4 is 16.8 Å². The Balaban J connectivity index is 2.88. The summed E-state index contributed by atoms with van der Waals surface area (Å²) in [5.41, 5.74) is 10.4. The Kier molecular flexibility index (Phi) is 3.89. The Labute approximate surface area is 105 Å². The Bertz CT molecular complexity index is 469. The molecule has 0 fully saturated rings. The van der Waals surface area contributed by atoms with Crippen LogP contribution in [-0.4, -0.2) is 23.8 Å². The summed E-state index contributed by atoms with van der Waals surface area (Å²) in [5.74, 6) is -2.83. The quantitative estimate of drug-likeness (QED) is 0.643. The summed E-state index contributed by atoms with van der Waals surface area (Å²) in [6.07, 6.45) is 0. The maximum atomic E-state index is 11.7. The average Bonchev–Trinajstić information content (AvgIpc) is 2.53. The molecule has 0 aliphatic carbocycles. The molecule has 0 radical (unpaired) electrons. The zero-order valence-corrected chi connectivity index (χ0v) is 10.4. The first-order valence-electron chi connectivity index (χ1n) is 4.48. The van der Waals surface area contributed by atoms with Crippen LogP contribution in [0.15, 0.2) is 15.2 Å². The first-order valence-corrected chi connectivity index (χ1v) is 5.27. The number of carbonyl (C=O) groups is 3. The third-order valence-electron chi connectivity index (χ3n) is 1.94. The van der Waals surface area contributed by atoms with Crippen LogP contribution in [0.5, 0.6) is 0 Å². The molecule has 7 nitrogen and oxygen atoms in total. The molecule has 0 aliphatic heterocycles. The second-order valence-corrected chi connectivity index (χ2v) is 4.06. The predicted molar refractivity (Wildman–Crippen MR) is 60.8 cm³/mol. The van der Waals surface area contributed by atoms with Crippen molar-refractivity contribution < 1.29 is 18.8 Å². The maximum absolute atomic E-state index is 11.7. The summed E-state index contributed by atoms with van der Waals surface area (Å²) in [6.45, 7) is 1.63. The molecular formula is C9H10BrN3O4. The van der Waals surface area contributed by atoms with Crippen molar-refractivity contribution in [1.29, 1.82) is 0 Å². The van der Waals surface area contributed by atoms with Gasteiger partial charge in [0.15, 0.2) is 16.5 Å². The average molecular weight is 304 g/mol. The number of furan rings is 1. The lowest BCUT2D eigenvalue weighted by atomic mass is 10.2. The molecule has 1 rings (SSSR count). The number of primary amides is 2. The van der Waals surface area contributed by atoms with Crippen molar-refractivity contribution in [2.45, 2.75) is 13.0 Å². The molecule has 1 heterocycles. The molecule has 5 N–H and O–H groups in total. The summed E-state index contributed by atoms with van der Waals surface area (Å²) < 4.78 is 5.39. The van der Waals surface area contributed by atoms with Crippen LogP contribution in [0, 0.1) is 6.92 Å². The second-order valence-electron chi connectivity index (χ2n) is 3.27. The van der Waals surface area contributed by atoms with Crippen molar-refractivity contribution in [2.75, 3.05) is 0 Å². The highest BCUT2D eigenvalue weighted by atomic mass is 79.9. The molecule has 0 atom stereocenters. The zero-order chi connectivity index (χ0) is 13.2. The van der Waals surface area contributed by atoms with Crippen molar-refractivity contribution in [3.8, 4) is 0 Å². The minimum absolute atomic E-state index is 0.0237. The van der Waals surface area contributed by atoms with E-state index >= 15 is 0 Å². The topological polar surface area (TPSA) is 128 Å². The highest BCUT2D eigenvalue weighted by Gasteiger charge is 2.26. The van der Waals surface area contributed by atoms with Crippen LogP contribution in [0.2, 0.25) is 0 Å². The van der Waals surface area contributed by atoms with E-state index in [2.05, 4.69) is 21.2 Å². The number of nitrogens with one attached hydrogen (secondary N) is 1. The highest BCUT2D eigenvalue weighted by Crippen LogP contribution is 2.19. The molecular weight excluding hydrogens is 294 g/mol. The van der Waals surface area contributed by atoms with E-state index in [1.807, 2.05) is 0 Å². The van der Waals surface area contributed by atoms with E-state index in [4.69, 9.17) is 15.9 Å². The third kappa shape index (κ3) is 3.06. The summed E-state index contributed by atoms with van der Waals surface area (Å²) in [7, 11) is 0. The molecule has 0 unspecified atom stereocenters. The number of rotatable bonds is 4. The van der Waals surface area contributed by atoms with Crippen LogP contribution in [-0.2, 0) is 9.59 Å². The molecule has 0 aromatic carbocycles. The minimum Gasteiger partial charge on any atom is -0.444 e. The van der Waals surface area contributed by atoms with Gasteiger partial charge in [-0.1, -0.05) is 0 Å². The molecule has 3 amide bonds. The third-order valence-corrected chi connectivity index (χ3v) is 2.33. The van der Waals surface area contributed by atoms with Gasteiger partial charge in [0.05, 0.1) is 0 Å². The van der Waals surface area contributed by atoms with E-state index in [9.17, 15) is 14.4 Å². The zero-order valence-electron chi connectivity index (χ0n) is 8.82. The fourth-order valence-corrected chi connectivity index (χ4v) is 1.65. The fourth-order valence-electron chi connectivity index (χ4n) is 1.15. The monoisotopic (exact) mass is 303 g/mol. The number of hydrogen-bond acceptors (Lipinski definition) is 4. The van der Waals surface area contributed by atoms with Crippen molar-refractivity contribution in [1.82, 2.24) is 5.32 Å². The van der Waals surface area contributed by atoms with E-state index in [0.717, 1.165) is 0 Å². The number of hydrogen-bond donors (Lipinski definition) is 3. The predicted octanol–water partition coefficient (Wildman–Crippen LogP) is -0.580. The van der Waals surface area contributed by atoms with E-state index in [-0.39, 0.29) is 5.76 Å². The number of carbonyl (C=O) groups excluding carboxylic acids is 3. The molecule has 8 heteroatoms. The smallest absolute Gasteiger partial charge is 0.288 e. The molecule has 0 saturated heterocycles. The summed E-state index contributed by atoms with van der Waals surface area (Å²) >= 11 is 3.05. The number of nitrogens with two attached hydrogens (primary N) is 2. The van der Waals surface area contributed by atoms with Crippen molar-refractivity contribution in [3.05, 3.63) is 22.1 Å². The van der Waals surface area contributed by atoms with Gasteiger partial charge in [0.25, 0.3) is 5.91 Å². The molecule has 92 valence electrons. The molecule has 0 saturated carbocycles. The first-order chi connectivity index (χ1) is 7.82. The molecule has 0 aliphatic rings. The van der Waals surface area contributed by atoms with Crippen LogP contribution >= 0.6 is 15.9 Å². The van der Waals surface area contributed by atoms with E-state index in [1.54, 1.807) is 13.0 Å². The Morgan fingerprint density at radius 2 is 1.88 bits per heavy atom. The second kappa shape index (κ2) is 5.00. The Hall–Kier alpha value is -1.83. The fraction of sp³-hybridized carbons (Fsp3) is 0.222. The lowest BCUT2D eigenvalue weighted by molar-refractivity contribution is -0.128. The van der Waals surface area contributed by atoms with Gasteiger partial charge in [-0.25, -0.2) is 0 Å². The first kappa shape index (κ1) is 13.2. The molecule has 17 heavy (non-hydrogen) atoms. The van der Waals surface area contributed by atoms with Crippen LogP contribution in [0.25, 0.3) is 0 Å². The van der Waals surface area contributed by atoms with E-state index in [1.165, 1.54) is 0 Å². The summed E-state index contributed by atoms with van der Waals surface area (Å²) in [6, 6.07) is 0.00381. The van der Waals surface area contributed by atoms with Crippen molar-refractivity contribution >= 4 is 33.7 Å². The largest absolute Gasteiger partial charge is 0.444 e. The molecule has 1 aromatic rings. The van der Waals surface area contributed by atoms with Crippen LogP contribution in [0.1, 0.15) is 16.1 Å². The van der Waals surface area contributed by atoms with Gasteiger partial charge in [-0.15, -0.1) is 0 Å². The Morgan fingerprint density at radius 1 is 1.35 bits per heavy atom. The lowest BCUT2D eigenvalue weighted by Gasteiger charge is -2.10. The van der Waals surface area contributed by atoms with Gasteiger partial charge < -0.3 is 21.2 Å².